The fraction of sp³-hybridized carbons (Fsp3) is 0.150. The molecule has 0 spiro atoms. The minimum atomic E-state index is -4.83. The number of nitrogens with one attached hydrogen (secondary N) is 1. The van der Waals surface area contributed by atoms with E-state index in [4.69, 9.17) is 10.00 Å². The largest absolute Gasteiger partial charge is 0.454 e. The van der Waals surface area contributed by atoms with Gasteiger partial charge < -0.3 is 10.1 Å². The first-order valence-corrected chi connectivity index (χ1v) is 9.52. The van der Waals surface area contributed by atoms with Gasteiger partial charge in [0, 0.05) is 0 Å². The molecule has 5 nitrogen and oxygen atoms in total. The van der Waals surface area contributed by atoms with Gasteiger partial charge in [0.05, 0.1) is 28.6 Å². The number of hydrogen-bond acceptors (Lipinski definition) is 5. The summed E-state index contributed by atoms with van der Waals surface area (Å²) in [6.07, 6.45) is -6.22. The highest BCUT2D eigenvalue weighted by Gasteiger charge is 2.35. The molecule has 1 amide bonds. The van der Waals surface area contributed by atoms with Crippen LogP contribution in [0.25, 0.3) is 6.08 Å². The first kappa shape index (κ1) is 23.2. The van der Waals surface area contributed by atoms with Gasteiger partial charge >= 0.3 is 6.18 Å². The zero-order chi connectivity index (χ0) is 23.5. The van der Waals surface area contributed by atoms with E-state index in [0.29, 0.717) is 6.07 Å². The molecule has 0 aromatic heterocycles. The molecule has 0 atom stereocenters. The van der Waals surface area contributed by atoms with Gasteiger partial charge in [0.25, 0.3) is 12.3 Å². The Bertz CT molecular complexity index is 1150. The Balaban J connectivity index is 1.80. The van der Waals surface area contributed by atoms with E-state index in [-0.39, 0.29) is 21.2 Å². The van der Waals surface area contributed by atoms with Crippen LogP contribution in [0.5, 0.6) is 11.5 Å². The average Bonchev–Trinajstić information content (AvgIpc) is 3.07. The summed E-state index contributed by atoms with van der Waals surface area (Å²) in [5, 5.41) is 11.1. The van der Waals surface area contributed by atoms with Crippen LogP contribution < -0.4 is 10.1 Å². The minimum Gasteiger partial charge on any atom is -0.454 e. The van der Waals surface area contributed by atoms with Crippen LogP contribution in [-0.4, -0.2) is 24.0 Å². The fourth-order valence-electron chi connectivity index (χ4n) is 2.52. The van der Waals surface area contributed by atoms with E-state index in [9.17, 15) is 31.1 Å². The van der Waals surface area contributed by atoms with Crippen LogP contribution in [-0.2, 0) is 11.0 Å². The van der Waals surface area contributed by atoms with Crippen molar-refractivity contribution in [2.75, 3.05) is 6.54 Å². The molecule has 12 heteroatoms. The Morgan fingerprint density at radius 3 is 2.53 bits per heavy atom. The Labute approximate surface area is 181 Å². The Hall–Kier alpha value is -3.46. The highest BCUT2D eigenvalue weighted by molar-refractivity contribution is 8.18. The number of thioether (sulfide) groups is 1. The first-order valence-electron chi connectivity index (χ1n) is 8.70. The molecule has 1 N–H and O–H groups in total. The van der Waals surface area contributed by atoms with Gasteiger partial charge in [0.15, 0.2) is 16.7 Å². The van der Waals surface area contributed by atoms with Crippen LogP contribution >= 0.6 is 11.8 Å². The van der Waals surface area contributed by atoms with E-state index >= 15 is 0 Å². The van der Waals surface area contributed by atoms with Gasteiger partial charge in [-0.2, -0.15) is 23.4 Å². The molecule has 1 aliphatic rings. The van der Waals surface area contributed by atoms with Crippen LogP contribution in [0.1, 0.15) is 16.7 Å². The average molecular weight is 471 g/mol. The third-order valence-corrected chi connectivity index (χ3v) is 4.86. The van der Waals surface area contributed by atoms with Crippen molar-refractivity contribution in [3.8, 4) is 17.6 Å². The van der Waals surface area contributed by atoms with E-state index in [1.807, 2.05) is 0 Å². The van der Waals surface area contributed by atoms with Crippen molar-refractivity contribution >= 4 is 28.9 Å². The van der Waals surface area contributed by atoms with Gasteiger partial charge in [-0.3, -0.25) is 4.79 Å². The zero-order valence-electron chi connectivity index (χ0n) is 15.7. The Morgan fingerprint density at radius 2 is 1.91 bits per heavy atom. The smallest absolute Gasteiger partial charge is 0.420 e. The van der Waals surface area contributed by atoms with E-state index in [1.165, 1.54) is 12.1 Å². The second-order valence-electron chi connectivity index (χ2n) is 6.22. The number of alkyl halides is 5. The molecule has 0 aliphatic carbocycles. The maximum Gasteiger partial charge on any atom is 0.420 e. The maximum absolute atomic E-state index is 14.5. The lowest BCUT2D eigenvalue weighted by Crippen LogP contribution is -2.25. The van der Waals surface area contributed by atoms with E-state index < -0.39 is 47.9 Å². The van der Waals surface area contributed by atoms with Crippen molar-refractivity contribution in [3.05, 3.63) is 63.8 Å². The van der Waals surface area contributed by atoms with Crippen molar-refractivity contribution in [2.45, 2.75) is 12.6 Å². The van der Waals surface area contributed by atoms with Crippen molar-refractivity contribution in [1.82, 2.24) is 5.32 Å². The minimum absolute atomic E-state index is 0.0255. The number of amidine groups is 1. The van der Waals surface area contributed by atoms with Crippen molar-refractivity contribution < 1.29 is 35.9 Å². The molecule has 1 heterocycles. The number of rotatable bonds is 5. The quantitative estimate of drug-likeness (QED) is 0.471. The zero-order valence-corrected chi connectivity index (χ0v) is 16.5. The number of nitriles is 1. The molecule has 2 aromatic rings. The standard InChI is InChI=1S/C20H11F6N3O2S/c21-13-6-10(7-16-18(30)29-19(32-16)28-9-17(22)23)1-4-15(13)31-14-3-2-11(8-27)5-12(14)20(24,25)26/h1-7,17H,9H2,(H,28,29,30). The second kappa shape index (κ2) is 9.35. The number of amides is 1. The molecule has 1 aliphatic heterocycles. The molecule has 0 bridgehead atoms. The predicted octanol–water partition coefficient (Wildman–Crippen LogP) is 5.33. The number of benzene rings is 2. The van der Waals surface area contributed by atoms with E-state index in [2.05, 4.69) is 10.3 Å². The molecule has 2 aromatic carbocycles. The Kier molecular flexibility index (Phi) is 6.78. The van der Waals surface area contributed by atoms with Crippen LogP contribution in [0.2, 0.25) is 0 Å². The third-order valence-electron chi connectivity index (χ3n) is 3.92. The Morgan fingerprint density at radius 1 is 1.19 bits per heavy atom. The number of aliphatic imine (C=N–C) groups is 1. The van der Waals surface area contributed by atoms with Crippen LogP contribution in [0.15, 0.2) is 46.3 Å². The normalized spacial score (nSPS) is 15.1. The molecule has 0 saturated carbocycles. The molecular weight excluding hydrogens is 460 g/mol. The summed E-state index contributed by atoms with van der Waals surface area (Å²) < 4.78 is 83.8. The molecule has 32 heavy (non-hydrogen) atoms. The molecule has 166 valence electrons. The number of ether oxygens (including phenoxy) is 1. The van der Waals surface area contributed by atoms with Crippen LogP contribution in [0.3, 0.4) is 0 Å². The first-order chi connectivity index (χ1) is 15.1. The molecule has 0 fully saturated rings. The lowest BCUT2D eigenvalue weighted by molar-refractivity contribution is -0.138. The van der Waals surface area contributed by atoms with Crippen LogP contribution in [0.4, 0.5) is 26.3 Å². The number of carbonyl (C=O) groups excluding carboxylic acids is 1. The van der Waals surface area contributed by atoms with Gasteiger partial charge in [-0.1, -0.05) is 6.07 Å². The van der Waals surface area contributed by atoms with Gasteiger partial charge in [-0.25, -0.2) is 13.2 Å². The molecule has 0 radical (unpaired) electrons. The maximum atomic E-state index is 14.5. The number of carbonyl (C=O) groups is 1. The molecule has 3 rings (SSSR count). The molecular formula is C20H11F6N3O2S. The number of nitrogens with zero attached hydrogens (tertiary/aromatic N) is 2. The summed E-state index contributed by atoms with van der Waals surface area (Å²) in [6, 6.07) is 7.48. The fourth-order valence-corrected chi connectivity index (χ4v) is 3.34. The monoisotopic (exact) mass is 471 g/mol. The second-order valence-corrected chi connectivity index (χ2v) is 7.25. The van der Waals surface area contributed by atoms with Gasteiger partial charge in [-0.05, 0) is 53.7 Å². The number of hydrogen-bond donors (Lipinski definition) is 1. The van der Waals surface area contributed by atoms with Gasteiger partial charge in [0.1, 0.15) is 5.75 Å². The van der Waals surface area contributed by atoms with Gasteiger partial charge in [0.2, 0.25) is 0 Å². The summed E-state index contributed by atoms with van der Waals surface area (Å²) in [6.45, 7) is -0.692. The summed E-state index contributed by atoms with van der Waals surface area (Å²) in [5.74, 6) is -2.92. The SMILES string of the molecule is N#Cc1ccc(Oc2ccc(C=C3SC(NCC(F)F)=NC3=O)cc2F)c(C(F)(F)F)c1. The highest BCUT2D eigenvalue weighted by Crippen LogP contribution is 2.39. The summed E-state index contributed by atoms with van der Waals surface area (Å²) >= 11 is 0.788. The van der Waals surface area contributed by atoms with Crippen LogP contribution in [0, 0.1) is 17.1 Å². The molecule has 0 saturated heterocycles. The topological polar surface area (TPSA) is 74.5 Å². The highest BCUT2D eigenvalue weighted by atomic mass is 32.2. The predicted molar refractivity (Wildman–Crippen MR) is 105 cm³/mol. The van der Waals surface area contributed by atoms with Gasteiger partial charge in [-0.15, -0.1) is 0 Å². The molecule has 0 unspecified atom stereocenters. The summed E-state index contributed by atoms with van der Waals surface area (Å²) in [7, 11) is 0. The summed E-state index contributed by atoms with van der Waals surface area (Å²) in [5.41, 5.74) is -1.31. The van der Waals surface area contributed by atoms with Crippen molar-refractivity contribution in [3.63, 3.8) is 0 Å². The number of halogens is 6. The lowest BCUT2D eigenvalue weighted by atomic mass is 10.1. The lowest BCUT2D eigenvalue weighted by Gasteiger charge is -2.14. The van der Waals surface area contributed by atoms with E-state index in [0.717, 1.165) is 36.0 Å². The summed E-state index contributed by atoms with van der Waals surface area (Å²) in [4.78, 5) is 15.5. The van der Waals surface area contributed by atoms with E-state index in [1.54, 1.807) is 6.07 Å². The van der Waals surface area contributed by atoms with Crippen molar-refractivity contribution in [2.24, 2.45) is 4.99 Å². The van der Waals surface area contributed by atoms with Crippen molar-refractivity contribution in [1.29, 1.82) is 5.26 Å². The third kappa shape index (κ3) is 5.61.